The van der Waals surface area contributed by atoms with Crippen LogP contribution in [-0.2, 0) is 0 Å². The summed E-state index contributed by atoms with van der Waals surface area (Å²) >= 11 is 0. The Morgan fingerprint density at radius 2 is 1.68 bits per heavy atom. The zero-order chi connectivity index (χ0) is 13.5. The maximum Gasteiger partial charge on any atom is 0.00697 e. The third-order valence-corrected chi connectivity index (χ3v) is 5.64. The van der Waals surface area contributed by atoms with E-state index < -0.39 is 0 Å². The quantitative estimate of drug-likeness (QED) is 0.666. The standard InChI is InChI=1S/C18H35N/c1-3-8-16-9-7-12-18(14-13-16)19-15(2)17-10-5-4-6-11-17/h15-19H,3-14H2,1-2H3. The van der Waals surface area contributed by atoms with E-state index in [1.165, 1.54) is 77.0 Å². The summed E-state index contributed by atoms with van der Waals surface area (Å²) in [5.74, 6) is 1.99. The second-order valence-electron chi connectivity index (χ2n) is 7.21. The molecule has 3 atom stereocenters. The zero-order valence-electron chi connectivity index (χ0n) is 13.3. The van der Waals surface area contributed by atoms with Gasteiger partial charge in [-0.25, -0.2) is 0 Å². The molecule has 0 bridgehead atoms. The monoisotopic (exact) mass is 265 g/mol. The van der Waals surface area contributed by atoms with Crippen LogP contribution in [0.25, 0.3) is 0 Å². The molecule has 0 saturated heterocycles. The normalized spacial score (nSPS) is 31.9. The molecule has 1 N–H and O–H groups in total. The van der Waals surface area contributed by atoms with Crippen molar-refractivity contribution in [3.63, 3.8) is 0 Å². The largest absolute Gasteiger partial charge is 0.311 e. The molecule has 0 spiro atoms. The molecule has 2 rings (SSSR count). The van der Waals surface area contributed by atoms with Crippen LogP contribution in [0, 0.1) is 11.8 Å². The second kappa shape index (κ2) is 8.29. The van der Waals surface area contributed by atoms with Gasteiger partial charge >= 0.3 is 0 Å². The lowest BCUT2D eigenvalue weighted by Crippen LogP contribution is -2.41. The van der Waals surface area contributed by atoms with Gasteiger partial charge < -0.3 is 5.32 Å². The number of hydrogen-bond donors (Lipinski definition) is 1. The first kappa shape index (κ1) is 15.4. The summed E-state index contributed by atoms with van der Waals surface area (Å²) in [6.45, 7) is 4.79. The van der Waals surface area contributed by atoms with Crippen LogP contribution in [0.3, 0.4) is 0 Å². The summed E-state index contributed by atoms with van der Waals surface area (Å²) in [6.07, 6.45) is 17.5. The van der Waals surface area contributed by atoms with Crippen LogP contribution >= 0.6 is 0 Å². The average molecular weight is 265 g/mol. The third kappa shape index (κ3) is 5.10. The summed E-state index contributed by atoms with van der Waals surface area (Å²) in [5.41, 5.74) is 0. The fourth-order valence-electron chi connectivity index (χ4n) is 4.38. The molecule has 2 aliphatic rings. The minimum atomic E-state index is 0.757. The fraction of sp³-hybridized carbons (Fsp3) is 1.00. The van der Waals surface area contributed by atoms with Crippen molar-refractivity contribution in [1.29, 1.82) is 0 Å². The SMILES string of the molecule is CCCC1CCCC(NC(C)C2CCCCC2)CC1. The molecule has 0 aromatic carbocycles. The molecule has 0 aliphatic heterocycles. The zero-order valence-corrected chi connectivity index (χ0v) is 13.3. The molecule has 2 saturated carbocycles. The molecule has 3 unspecified atom stereocenters. The average Bonchev–Trinajstić information content (AvgIpc) is 2.66. The number of hydrogen-bond acceptors (Lipinski definition) is 1. The van der Waals surface area contributed by atoms with Crippen LogP contribution in [0.4, 0.5) is 0 Å². The van der Waals surface area contributed by atoms with E-state index in [-0.39, 0.29) is 0 Å². The molecule has 0 radical (unpaired) electrons. The topological polar surface area (TPSA) is 12.0 Å². The van der Waals surface area contributed by atoms with Crippen molar-refractivity contribution < 1.29 is 0 Å². The van der Waals surface area contributed by atoms with Crippen LogP contribution in [0.1, 0.15) is 90.9 Å². The van der Waals surface area contributed by atoms with Crippen LogP contribution < -0.4 is 5.32 Å². The molecular formula is C18H35N. The van der Waals surface area contributed by atoms with Gasteiger partial charge in [-0.3, -0.25) is 0 Å². The maximum absolute atomic E-state index is 3.99. The molecule has 1 heteroatoms. The maximum atomic E-state index is 3.99. The lowest BCUT2D eigenvalue weighted by Gasteiger charge is -2.31. The van der Waals surface area contributed by atoms with Gasteiger partial charge in [0.25, 0.3) is 0 Å². The van der Waals surface area contributed by atoms with E-state index in [0.717, 1.165) is 23.9 Å². The Kier molecular flexibility index (Phi) is 6.70. The molecule has 2 aliphatic carbocycles. The highest BCUT2D eigenvalue weighted by Crippen LogP contribution is 2.29. The van der Waals surface area contributed by atoms with E-state index >= 15 is 0 Å². The Balaban J connectivity index is 1.72. The van der Waals surface area contributed by atoms with Crippen molar-refractivity contribution in [3.8, 4) is 0 Å². The Morgan fingerprint density at radius 3 is 2.42 bits per heavy atom. The fourth-order valence-corrected chi connectivity index (χ4v) is 4.38. The van der Waals surface area contributed by atoms with Crippen molar-refractivity contribution in [2.24, 2.45) is 11.8 Å². The summed E-state index contributed by atoms with van der Waals surface area (Å²) in [6, 6.07) is 1.58. The highest BCUT2D eigenvalue weighted by atomic mass is 14.9. The van der Waals surface area contributed by atoms with Gasteiger partial charge in [0.05, 0.1) is 0 Å². The van der Waals surface area contributed by atoms with Crippen molar-refractivity contribution in [2.45, 2.75) is 103 Å². The summed E-state index contributed by atoms with van der Waals surface area (Å²) in [5, 5.41) is 3.99. The van der Waals surface area contributed by atoms with Crippen molar-refractivity contribution in [1.82, 2.24) is 5.32 Å². The van der Waals surface area contributed by atoms with E-state index in [0.29, 0.717) is 0 Å². The molecule has 1 nitrogen and oxygen atoms in total. The molecule has 19 heavy (non-hydrogen) atoms. The first-order chi connectivity index (χ1) is 9.29. The third-order valence-electron chi connectivity index (χ3n) is 5.64. The van der Waals surface area contributed by atoms with Gasteiger partial charge in [-0.1, -0.05) is 51.9 Å². The lowest BCUT2D eigenvalue weighted by atomic mass is 9.84. The molecule has 0 heterocycles. The van der Waals surface area contributed by atoms with Crippen molar-refractivity contribution in [2.75, 3.05) is 0 Å². The van der Waals surface area contributed by atoms with E-state index in [1.54, 1.807) is 0 Å². The van der Waals surface area contributed by atoms with E-state index in [9.17, 15) is 0 Å². The van der Waals surface area contributed by atoms with Gasteiger partial charge in [-0.15, -0.1) is 0 Å². The molecule has 112 valence electrons. The van der Waals surface area contributed by atoms with Crippen molar-refractivity contribution in [3.05, 3.63) is 0 Å². The second-order valence-corrected chi connectivity index (χ2v) is 7.21. The molecule has 0 amide bonds. The summed E-state index contributed by atoms with van der Waals surface area (Å²) in [7, 11) is 0. The van der Waals surface area contributed by atoms with Gasteiger partial charge in [-0.05, 0) is 50.9 Å². The Morgan fingerprint density at radius 1 is 0.895 bits per heavy atom. The Hall–Kier alpha value is -0.0400. The Labute approximate surface area is 120 Å². The lowest BCUT2D eigenvalue weighted by molar-refractivity contribution is 0.255. The summed E-state index contributed by atoms with van der Waals surface area (Å²) in [4.78, 5) is 0. The molecular weight excluding hydrogens is 230 g/mol. The predicted octanol–water partition coefficient (Wildman–Crippen LogP) is 5.29. The first-order valence-corrected chi connectivity index (χ1v) is 9.05. The van der Waals surface area contributed by atoms with Crippen LogP contribution in [0.15, 0.2) is 0 Å². The van der Waals surface area contributed by atoms with Crippen LogP contribution in [0.5, 0.6) is 0 Å². The Bertz CT molecular complexity index is 232. The van der Waals surface area contributed by atoms with Gasteiger partial charge in [0.1, 0.15) is 0 Å². The summed E-state index contributed by atoms with van der Waals surface area (Å²) < 4.78 is 0. The van der Waals surface area contributed by atoms with E-state index in [1.807, 2.05) is 0 Å². The van der Waals surface area contributed by atoms with Gasteiger partial charge in [-0.2, -0.15) is 0 Å². The minimum absolute atomic E-state index is 0.757. The first-order valence-electron chi connectivity index (χ1n) is 9.05. The smallest absolute Gasteiger partial charge is 0.00697 e. The number of rotatable bonds is 5. The highest BCUT2D eigenvalue weighted by Gasteiger charge is 2.24. The minimum Gasteiger partial charge on any atom is -0.311 e. The van der Waals surface area contributed by atoms with E-state index in [2.05, 4.69) is 19.2 Å². The molecule has 0 aromatic rings. The van der Waals surface area contributed by atoms with Gasteiger partial charge in [0.2, 0.25) is 0 Å². The van der Waals surface area contributed by atoms with Crippen molar-refractivity contribution >= 4 is 0 Å². The van der Waals surface area contributed by atoms with Gasteiger partial charge in [0.15, 0.2) is 0 Å². The molecule has 0 aromatic heterocycles. The van der Waals surface area contributed by atoms with Gasteiger partial charge in [0, 0.05) is 12.1 Å². The molecule has 2 fully saturated rings. The highest BCUT2D eigenvalue weighted by molar-refractivity contribution is 4.82. The predicted molar refractivity (Wildman–Crippen MR) is 84.4 cm³/mol. The van der Waals surface area contributed by atoms with Crippen LogP contribution in [-0.4, -0.2) is 12.1 Å². The van der Waals surface area contributed by atoms with Crippen LogP contribution in [0.2, 0.25) is 0 Å². The number of nitrogens with one attached hydrogen (secondary N) is 1. The van der Waals surface area contributed by atoms with E-state index in [4.69, 9.17) is 0 Å².